The third-order valence-electron chi connectivity index (χ3n) is 3.55. The fourth-order valence-electron chi connectivity index (χ4n) is 2.30. The molecule has 2 heterocycles. The van der Waals surface area contributed by atoms with Gasteiger partial charge in [0.25, 0.3) is 0 Å². The molecule has 4 nitrogen and oxygen atoms in total. The Bertz CT molecular complexity index is 792. The van der Waals surface area contributed by atoms with Crippen molar-refractivity contribution in [3.63, 3.8) is 0 Å². The van der Waals surface area contributed by atoms with Crippen molar-refractivity contribution in [1.82, 2.24) is 9.88 Å². The molecule has 0 N–H and O–H groups in total. The summed E-state index contributed by atoms with van der Waals surface area (Å²) in [6.07, 6.45) is 5.11. The maximum atomic E-state index is 12.7. The average molecular weight is 373 g/mol. The van der Waals surface area contributed by atoms with Crippen molar-refractivity contribution in [3.8, 4) is 0 Å². The van der Waals surface area contributed by atoms with E-state index >= 15 is 0 Å². The molecule has 0 unspecified atom stereocenters. The maximum Gasteiger partial charge on any atom is 0.233 e. The highest BCUT2D eigenvalue weighted by Gasteiger charge is 2.16. The fraction of sp³-hybridized carbons (Fsp3) is 0.158. The molecule has 1 amide bonds. The predicted molar refractivity (Wildman–Crippen MR) is 99.4 cm³/mol. The van der Waals surface area contributed by atoms with Crippen molar-refractivity contribution >= 4 is 29.3 Å². The summed E-state index contributed by atoms with van der Waals surface area (Å²) in [7, 11) is 0. The van der Waals surface area contributed by atoms with Gasteiger partial charge < -0.3 is 9.32 Å². The van der Waals surface area contributed by atoms with Gasteiger partial charge >= 0.3 is 0 Å². The van der Waals surface area contributed by atoms with Gasteiger partial charge in [0, 0.05) is 28.9 Å². The van der Waals surface area contributed by atoms with Gasteiger partial charge in [0.1, 0.15) is 5.76 Å². The first-order chi connectivity index (χ1) is 12.2. The molecule has 0 saturated heterocycles. The number of pyridine rings is 1. The zero-order valence-electron chi connectivity index (χ0n) is 13.5. The highest BCUT2D eigenvalue weighted by Crippen LogP contribution is 2.21. The number of nitrogens with zero attached hydrogens (tertiary/aromatic N) is 2. The van der Waals surface area contributed by atoms with Gasteiger partial charge in [0.15, 0.2) is 0 Å². The molecular formula is C19H17ClN2O2S. The highest BCUT2D eigenvalue weighted by molar-refractivity contribution is 8.00. The number of aromatic nitrogens is 1. The molecule has 0 aliphatic rings. The number of rotatable bonds is 7. The van der Waals surface area contributed by atoms with Crippen LogP contribution in [-0.2, 0) is 17.9 Å². The van der Waals surface area contributed by atoms with E-state index in [1.165, 1.54) is 11.8 Å². The molecule has 2 aromatic heterocycles. The third-order valence-corrected chi connectivity index (χ3v) is 4.80. The van der Waals surface area contributed by atoms with E-state index in [1.54, 1.807) is 23.6 Å². The summed E-state index contributed by atoms with van der Waals surface area (Å²) < 4.78 is 5.40. The monoisotopic (exact) mass is 372 g/mol. The zero-order valence-corrected chi connectivity index (χ0v) is 15.0. The van der Waals surface area contributed by atoms with E-state index in [-0.39, 0.29) is 5.91 Å². The molecule has 3 aromatic rings. The molecule has 0 fully saturated rings. The SMILES string of the molecule is O=C(CSc1ccc(Cl)cc1)N(Cc1cccnc1)Cc1ccco1. The lowest BCUT2D eigenvalue weighted by molar-refractivity contribution is -0.129. The van der Waals surface area contributed by atoms with Crippen LogP contribution in [0.1, 0.15) is 11.3 Å². The quantitative estimate of drug-likeness (QED) is 0.566. The number of hydrogen-bond donors (Lipinski definition) is 0. The van der Waals surface area contributed by atoms with E-state index < -0.39 is 0 Å². The van der Waals surface area contributed by atoms with Crippen LogP contribution in [0, 0.1) is 0 Å². The van der Waals surface area contributed by atoms with Gasteiger partial charge in [0.05, 0.1) is 18.6 Å². The summed E-state index contributed by atoms with van der Waals surface area (Å²) in [4.78, 5) is 19.6. The van der Waals surface area contributed by atoms with Gasteiger partial charge in [-0.3, -0.25) is 9.78 Å². The van der Waals surface area contributed by atoms with E-state index in [9.17, 15) is 4.79 Å². The highest BCUT2D eigenvalue weighted by atomic mass is 35.5. The summed E-state index contributed by atoms with van der Waals surface area (Å²) in [5.74, 6) is 1.15. The number of carbonyl (C=O) groups is 1. The average Bonchev–Trinajstić information content (AvgIpc) is 3.14. The second-order valence-electron chi connectivity index (χ2n) is 5.43. The first-order valence-electron chi connectivity index (χ1n) is 7.78. The van der Waals surface area contributed by atoms with Crippen molar-refractivity contribution in [2.75, 3.05) is 5.75 Å². The summed E-state index contributed by atoms with van der Waals surface area (Å²) in [5.41, 5.74) is 0.985. The van der Waals surface area contributed by atoms with Crippen LogP contribution in [0.25, 0.3) is 0 Å². The Morgan fingerprint density at radius 1 is 1.12 bits per heavy atom. The summed E-state index contributed by atoms with van der Waals surface area (Å²) in [6.45, 7) is 0.927. The Morgan fingerprint density at radius 2 is 1.96 bits per heavy atom. The minimum atomic E-state index is 0.0419. The number of hydrogen-bond acceptors (Lipinski definition) is 4. The number of benzene rings is 1. The van der Waals surface area contributed by atoms with Crippen molar-refractivity contribution in [3.05, 3.63) is 83.5 Å². The van der Waals surface area contributed by atoms with Gasteiger partial charge in [-0.1, -0.05) is 17.7 Å². The topological polar surface area (TPSA) is 46.3 Å². The lowest BCUT2D eigenvalue weighted by Gasteiger charge is -2.21. The summed E-state index contributed by atoms with van der Waals surface area (Å²) >= 11 is 7.39. The van der Waals surface area contributed by atoms with Crippen LogP contribution in [0.4, 0.5) is 0 Å². The first kappa shape index (κ1) is 17.6. The van der Waals surface area contributed by atoms with E-state index in [1.807, 2.05) is 48.5 Å². The summed E-state index contributed by atoms with van der Waals surface area (Å²) in [5, 5.41) is 0.687. The smallest absolute Gasteiger partial charge is 0.233 e. The Kier molecular flexibility index (Phi) is 6.14. The molecule has 1 aromatic carbocycles. The molecular weight excluding hydrogens is 356 g/mol. The van der Waals surface area contributed by atoms with Gasteiger partial charge in [-0.2, -0.15) is 0 Å². The summed E-state index contributed by atoms with van der Waals surface area (Å²) in [6, 6.07) is 15.0. The maximum absolute atomic E-state index is 12.7. The van der Waals surface area contributed by atoms with Crippen LogP contribution in [0.3, 0.4) is 0 Å². The van der Waals surface area contributed by atoms with E-state index in [0.29, 0.717) is 23.9 Å². The molecule has 0 saturated carbocycles. The lowest BCUT2D eigenvalue weighted by Crippen LogP contribution is -2.31. The van der Waals surface area contributed by atoms with Crippen LogP contribution >= 0.6 is 23.4 Å². The van der Waals surface area contributed by atoms with Gasteiger partial charge in [-0.25, -0.2) is 0 Å². The Hall–Kier alpha value is -2.24. The first-order valence-corrected chi connectivity index (χ1v) is 9.14. The molecule has 128 valence electrons. The van der Waals surface area contributed by atoms with Crippen LogP contribution in [-0.4, -0.2) is 21.5 Å². The van der Waals surface area contributed by atoms with E-state index in [0.717, 1.165) is 16.2 Å². The minimum absolute atomic E-state index is 0.0419. The van der Waals surface area contributed by atoms with Crippen LogP contribution in [0.5, 0.6) is 0 Å². The number of amides is 1. The second kappa shape index (κ2) is 8.74. The van der Waals surface area contributed by atoms with Crippen LogP contribution < -0.4 is 0 Å². The minimum Gasteiger partial charge on any atom is -0.467 e. The Balaban J connectivity index is 1.66. The molecule has 0 spiro atoms. The normalized spacial score (nSPS) is 10.6. The zero-order chi connectivity index (χ0) is 17.5. The molecule has 0 radical (unpaired) electrons. The van der Waals surface area contributed by atoms with Gasteiger partial charge in [-0.05, 0) is 48.0 Å². The molecule has 0 bridgehead atoms. The van der Waals surface area contributed by atoms with Crippen LogP contribution in [0.2, 0.25) is 5.02 Å². The number of furan rings is 1. The standard InChI is InChI=1S/C19H17ClN2O2S/c20-16-5-7-18(8-6-16)25-14-19(23)22(13-17-4-2-10-24-17)12-15-3-1-9-21-11-15/h1-11H,12-14H2. The third kappa shape index (κ3) is 5.37. The van der Waals surface area contributed by atoms with Crippen LogP contribution in [0.15, 0.2) is 76.5 Å². The van der Waals surface area contributed by atoms with Crippen molar-refractivity contribution < 1.29 is 9.21 Å². The van der Waals surface area contributed by atoms with Gasteiger partial charge in [0.2, 0.25) is 5.91 Å². The van der Waals surface area contributed by atoms with E-state index in [4.69, 9.17) is 16.0 Å². The second-order valence-corrected chi connectivity index (χ2v) is 6.92. The van der Waals surface area contributed by atoms with Crippen molar-refractivity contribution in [2.45, 2.75) is 18.0 Å². The molecule has 0 aliphatic carbocycles. The molecule has 0 atom stereocenters. The molecule has 3 rings (SSSR count). The van der Waals surface area contributed by atoms with Crippen molar-refractivity contribution in [1.29, 1.82) is 0 Å². The molecule has 0 aliphatic heterocycles. The van der Waals surface area contributed by atoms with E-state index in [2.05, 4.69) is 4.98 Å². The number of thioether (sulfide) groups is 1. The van der Waals surface area contributed by atoms with Crippen molar-refractivity contribution in [2.24, 2.45) is 0 Å². The Morgan fingerprint density at radius 3 is 2.64 bits per heavy atom. The molecule has 6 heteroatoms. The lowest BCUT2D eigenvalue weighted by atomic mass is 10.2. The largest absolute Gasteiger partial charge is 0.467 e. The molecule has 25 heavy (non-hydrogen) atoms. The number of carbonyl (C=O) groups excluding carboxylic acids is 1. The fourth-order valence-corrected chi connectivity index (χ4v) is 3.23. The predicted octanol–water partition coefficient (Wildman–Crippen LogP) is 4.65. The Labute approximate surface area is 155 Å². The van der Waals surface area contributed by atoms with Gasteiger partial charge in [-0.15, -0.1) is 11.8 Å². The number of halogens is 1.